The van der Waals surface area contributed by atoms with Crippen LogP contribution in [0.1, 0.15) is 18.9 Å². The average Bonchev–Trinajstić information content (AvgIpc) is 2.70. The lowest BCUT2D eigenvalue weighted by atomic mass is 10.0. The van der Waals surface area contributed by atoms with E-state index >= 15 is 0 Å². The van der Waals surface area contributed by atoms with Gasteiger partial charge in [-0.15, -0.1) is 0 Å². The van der Waals surface area contributed by atoms with Crippen molar-refractivity contribution in [3.63, 3.8) is 0 Å². The van der Waals surface area contributed by atoms with Crippen molar-refractivity contribution in [1.29, 1.82) is 0 Å². The molecule has 1 aromatic rings. The molecule has 0 aromatic heterocycles. The zero-order valence-corrected chi connectivity index (χ0v) is 12.6. The molecule has 4 nitrogen and oxygen atoms in total. The molecule has 0 aliphatic carbocycles. The smallest absolute Gasteiger partial charge is 0.243 e. The van der Waals surface area contributed by atoms with Gasteiger partial charge in [-0.2, -0.15) is 4.31 Å². The maximum absolute atomic E-state index is 12.7. The Balaban J connectivity index is 2.42. The van der Waals surface area contributed by atoms with Crippen molar-refractivity contribution in [2.24, 2.45) is 5.92 Å². The molecule has 1 fully saturated rings. The van der Waals surface area contributed by atoms with Crippen LogP contribution in [-0.4, -0.2) is 37.0 Å². The Labute approximate surface area is 119 Å². The van der Waals surface area contributed by atoms with Crippen LogP contribution in [-0.2, 0) is 10.0 Å². The van der Waals surface area contributed by atoms with Gasteiger partial charge in [0.1, 0.15) is 0 Å². The highest BCUT2D eigenvalue weighted by Gasteiger charge is 2.39. The van der Waals surface area contributed by atoms with Crippen LogP contribution in [0, 0.1) is 12.8 Å². The van der Waals surface area contributed by atoms with Crippen LogP contribution in [0.15, 0.2) is 23.1 Å². The molecule has 0 spiro atoms. The molecule has 106 valence electrons. The summed E-state index contributed by atoms with van der Waals surface area (Å²) in [5.74, 6) is 0.174. The maximum Gasteiger partial charge on any atom is 0.243 e. The molecule has 1 aliphatic rings. The molecule has 0 amide bonds. The molecule has 1 heterocycles. The fraction of sp³-hybridized carbons (Fsp3) is 0.538. The first-order valence-electron chi connectivity index (χ1n) is 6.26. The minimum Gasteiger partial charge on any atom is -0.395 e. The number of hydrogen-bond acceptors (Lipinski definition) is 3. The molecule has 2 rings (SSSR count). The molecule has 1 aliphatic heterocycles. The molecular weight excluding hydrogens is 286 g/mol. The number of nitrogens with zero attached hydrogens (tertiary/aromatic N) is 1. The van der Waals surface area contributed by atoms with Crippen molar-refractivity contribution in [2.45, 2.75) is 31.2 Å². The molecule has 1 aromatic carbocycles. The molecule has 1 saturated heterocycles. The van der Waals surface area contributed by atoms with Gasteiger partial charge >= 0.3 is 0 Å². The normalized spacial score (nSPS) is 24.8. The van der Waals surface area contributed by atoms with Crippen LogP contribution in [0.5, 0.6) is 0 Å². The first-order valence-corrected chi connectivity index (χ1v) is 8.08. The molecule has 6 heteroatoms. The van der Waals surface area contributed by atoms with Gasteiger partial charge in [0.25, 0.3) is 0 Å². The summed E-state index contributed by atoms with van der Waals surface area (Å²) in [5.41, 5.74) is 0.628. The summed E-state index contributed by atoms with van der Waals surface area (Å²) >= 11 is 5.86. The Morgan fingerprint density at radius 1 is 1.47 bits per heavy atom. The molecule has 0 radical (unpaired) electrons. The van der Waals surface area contributed by atoms with E-state index in [1.54, 1.807) is 19.1 Å². The van der Waals surface area contributed by atoms with Crippen LogP contribution < -0.4 is 0 Å². The highest BCUT2D eigenvalue weighted by molar-refractivity contribution is 7.89. The number of sulfonamides is 1. The van der Waals surface area contributed by atoms with Crippen LogP contribution in [0.25, 0.3) is 0 Å². The maximum atomic E-state index is 12.7. The van der Waals surface area contributed by atoms with Crippen molar-refractivity contribution in [3.05, 3.63) is 28.8 Å². The molecule has 0 saturated carbocycles. The number of aryl methyl sites for hydroxylation is 1. The van der Waals surface area contributed by atoms with E-state index in [2.05, 4.69) is 0 Å². The SMILES string of the molecule is Cc1cc(Cl)ccc1S(=O)(=O)N1CCC(C)C1CO. The van der Waals surface area contributed by atoms with E-state index in [1.165, 1.54) is 10.4 Å². The van der Waals surface area contributed by atoms with E-state index in [1.807, 2.05) is 6.92 Å². The van der Waals surface area contributed by atoms with E-state index in [9.17, 15) is 13.5 Å². The van der Waals surface area contributed by atoms with Crippen molar-refractivity contribution in [2.75, 3.05) is 13.2 Å². The van der Waals surface area contributed by atoms with E-state index < -0.39 is 10.0 Å². The average molecular weight is 304 g/mol. The lowest BCUT2D eigenvalue weighted by molar-refractivity contribution is 0.191. The Bertz CT molecular complexity index is 573. The zero-order chi connectivity index (χ0) is 14.2. The van der Waals surface area contributed by atoms with Crippen LogP contribution in [0.3, 0.4) is 0 Å². The Morgan fingerprint density at radius 2 is 2.16 bits per heavy atom. The Kier molecular flexibility index (Phi) is 4.20. The zero-order valence-electron chi connectivity index (χ0n) is 11.0. The third-order valence-corrected chi connectivity index (χ3v) is 6.06. The fourth-order valence-corrected chi connectivity index (χ4v) is 4.73. The first-order chi connectivity index (χ1) is 8.87. The van der Waals surface area contributed by atoms with Gasteiger partial charge in [0.2, 0.25) is 10.0 Å². The Morgan fingerprint density at radius 3 is 2.74 bits per heavy atom. The fourth-order valence-electron chi connectivity index (χ4n) is 2.57. The summed E-state index contributed by atoms with van der Waals surface area (Å²) in [4.78, 5) is 0.268. The second-order valence-electron chi connectivity index (χ2n) is 5.04. The molecule has 2 unspecified atom stereocenters. The number of aliphatic hydroxyl groups is 1. The first kappa shape index (κ1) is 14.8. The van der Waals surface area contributed by atoms with Gasteiger partial charge < -0.3 is 5.11 Å². The van der Waals surface area contributed by atoms with Gasteiger partial charge in [-0.3, -0.25) is 0 Å². The molecule has 1 N–H and O–H groups in total. The second kappa shape index (κ2) is 5.40. The largest absolute Gasteiger partial charge is 0.395 e. The van der Waals surface area contributed by atoms with Gasteiger partial charge in [0.05, 0.1) is 17.5 Å². The number of hydrogen-bond donors (Lipinski definition) is 1. The second-order valence-corrected chi connectivity index (χ2v) is 7.34. The third kappa shape index (κ3) is 2.65. The number of halogens is 1. The van der Waals surface area contributed by atoms with E-state index in [-0.39, 0.29) is 23.5 Å². The highest BCUT2D eigenvalue weighted by Crippen LogP contribution is 2.31. The standard InChI is InChI=1S/C13H18ClNO3S/c1-9-5-6-15(12(9)8-16)19(17,18)13-4-3-11(14)7-10(13)2/h3-4,7,9,12,16H,5-6,8H2,1-2H3. The van der Waals surface area contributed by atoms with Crippen molar-refractivity contribution in [1.82, 2.24) is 4.31 Å². The molecular formula is C13H18ClNO3S. The minimum atomic E-state index is -3.57. The quantitative estimate of drug-likeness (QED) is 0.929. The monoisotopic (exact) mass is 303 g/mol. The third-order valence-electron chi connectivity index (χ3n) is 3.74. The molecule has 0 bridgehead atoms. The van der Waals surface area contributed by atoms with Gasteiger partial charge in [-0.25, -0.2) is 8.42 Å². The highest BCUT2D eigenvalue weighted by atomic mass is 35.5. The van der Waals surface area contributed by atoms with Crippen LogP contribution >= 0.6 is 11.6 Å². The lowest BCUT2D eigenvalue weighted by Crippen LogP contribution is -2.40. The van der Waals surface area contributed by atoms with Crippen molar-refractivity contribution < 1.29 is 13.5 Å². The molecule has 2 atom stereocenters. The number of rotatable bonds is 3. The van der Waals surface area contributed by atoms with Gasteiger partial charge in [-0.1, -0.05) is 18.5 Å². The predicted octanol–water partition coefficient (Wildman–Crippen LogP) is 2.04. The topological polar surface area (TPSA) is 57.6 Å². The van der Waals surface area contributed by atoms with E-state index in [0.29, 0.717) is 17.1 Å². The summed E-state index contributed by atoms with van der Waals surface area (Å²) in [6.45, 7) is 4.00. The van der Waals surface area contributed by atoms with E-state index in [0.717, 1.165) is 6.42 Å². The van der Waals surface area contributed by atoms with Gasteiger partial charge in [0.15, 0.2) is 0 Å². The van der Waals surface area contributed by atoms with Gasteiger partial charge in [0, 0.05) is 11.6 Å². The number of aliphatic hydroxyl groups excluding tert-OH is 1. The lowest BCUT2D eigenvalue weighted by Gasteiger charge is -2.25. The van der Waals surface area contributed by atoms with Crippen LogP contribution in [0.4, 0.5) is 0 Å². The minimum absolute atomic E-state index is 0.146. The van der Waals surface area contributed by atoms with E-state index in [4.69, 9.17) is 11.6 Å². The summed E-state index contributed by atoms with van der Waals surface area (Å²) in [5, 5.41) is 9.92. The van der Waals surface area contributed by atoms with Crippen molar-refractivity contribution >= 4 is 21.6 Å². The molecule has 19 heavy (non-hydrogen) atoms. The van der Waals surface area contributed by atoms with Crippen LogP contribution in [0.2, 0.25) is 5.02 Å². The Hall–Kier alpha value is -0.620. The van der Waals surface area contributed by atoms with Crippen molar-refractivity contribution in [3.8, 4) is 0 Å². The summed E-state index contributed by atoms with van der Waals surface area (Å²) in [6.07, 6.45) is 0.775. The predicted molar refractivity (Wildman–Crippen MR) is 74.7 cm³/mol. The summed E-state index contributed by atoms with van der Waals surface area (Å²) in [6, 6.07) is 4.42. The van der Waals surface area contributed by atoms with Gasteiger partial charge in [-0.05, 0) is 43.0 Å². The summed E-state index contributed by atoms with van der Waals surface area (Å²) in [7, 11) is -3.57. The number of benzene rings is 1. The summed E-state index contributed by atoms with van der Waals surface area (Å²) < 4.78 is 26.7.